The van der Waals surface area contributed by atoms with Crippen molar-refractivity contribution in [3.63, 3.8) is 0 Å². The lowest BCUT2D eigenvalue weighted by atomic mass is 9.87. The number of benzene rings is 3. The van der Waals surface area contributed by atoms with Crippen LogP contribution in [0.4, 0.5) is 0 Å². The molecule has 3 aromatic rings. The maximum absolute atomic E-state index is 13.5. The number of hydrogen-bond donors (Lipinski definition) is 0. The highest BCUT2D eigenvalue weighted by Crippen LogP contribution is 2.41. The van der Waals surface area contributed by atoms with E-state index >= 15 is 0 Å². The summed E-state index contributed by atoms with van der Waals surface area (Å²) < 4.78 is 13.8. The molecule has 0 bridgehead atoms. The first-order valence-electron chi connectivity index (χ1n) is 14.1. The van der Waals surface area contributed by atoms with Gasteiger partial charge in [0, 0.05) is 4.91 Å². The summed E-state index contributed by atoms with van der Waals surface area (Å²) in [6.45, 7) is 8.73. The minimum atomic E-state index is -2.89. The van der Waals surface area contributed by atoms with Gasteiger partial charge in [0.2, 0.25) is 0 Å². The average molecular weight is 601 g/mol. The molecule has 5 rings (SSSR count). The normalized spacial score (nSPS) is 24.3. The SMILES string of the molecule is CS[C@@H]1OC(CO[Si](c2ccccc2)(c2ccccc2)C(C)(C)C)[C@H](N=[N+]=[N-])[C@H](C)C1N1C(=O)c2ccccc2C1=O. The van der Waals surface area contributed by atoms with Crippen LogP contribution in [0.3, 0.4) is 0 Å². The number of nitrogens with zero attached hydrogens (tertiary/aromatic N) is 4. The summed E-state index contributed by atoms with van der Waals surface area (Å²) in [7, 11) is -2.89. The predicted molar refractivity (Wildman–Crippen MR) is 169 cm³/mol. The van der Waals surface area contributed by atoms with Crippen molar-refractivity contribution >= 4 is 42.3 Å². The quantitative estimate of drug-likeness (QED) is 0.110. The Labute approximate surface area is 252 Å². The summed E-state index contributed by atoms with van der Waals surface area (Å²) in [5, 5.41) is 6.21. The lowest BCUT2D eigenvalue weighted by molar-refractivity contribution is -0.0933. The molecule has 8 nitrogen and oxygen atoms in total. The minimum Gasteiger partial charge on any atom is -0.405 e. The molecule has 3 aromatic carbocycles. The Morgan fingerprint density at radius 2 is 1.43 bits per heavy atom. The van der Waals surface area contributed by atoms with Crippen LogP contribution in [-0.2, 0) is 9.16 Å². The molecule has 0 radical (unpaired) electrons. The van der Waals surface area contributed by atoms with Crippen molar-refractivity contribution in [3.8, 4) is 0 Å². The van der Waals surface area contributed by atoms with Crippen molar-refractivity contribution in [2.24, 2.45) is 11.0 Å². The first kappa shape index (κ1) is 30.1. The topological polar surface area (TPSA) is 105 Å². The highest BCUT2D eigenvalue weighted by molar-refractivity contribution is 7.99. The summed E-state index contributed by atoms with van der Waals surface area (Å²) in [4.78, 5) is 31.4. The fourth-order valence-corrected chi connectivity index (χ4v) is 12.0. The molecule has 0 saturated carbocycles. The van der Waals surface area contributed by atoms with Crippen molar-refractivity contribution in [1.29, 1.82) is 0 Å². The smallest absolute Gasteiger partial charge is 0.261 e. The molecule has 2 unspecified atom stereocenters. The number of imide groups is 1. The van der Waals surface area contributed by atoms with Gasteiger partial charge >= 0.3 is 0 Å². The third kappa shape index (κ3) is 5.07. The highest BCUT2D eigenvalue weighted by Gasteiger charge is 2.54. The van der Waals surface area contributed by atoms with Crippen molar-refractivity contribution in [3.05, 3.63) is 106 Å². The van der Waals surface area contributed by atoms with Crippen molar-refractivity contribution < 1.29 is 18.8 Å². The lowest BCUT2D eigenvalue weighted by Gasteiger charge is -2.48. The van der Waals surface area contributed by atoms with Gasteiger partial charge in [-0.05, 0) is 45.2 Å². The zero-order chi connectivity index (χ0) is 30.1. The van der Waals surface area contributed by atoms with Gasteiger partial charge in [-0.1, -0.05) is 106 Å². The third-order valence-electron chi connectivity index (χ3n) is 8.47. The van der Waals surface area contributed by atoms with E-state index in [-0.39, 0.29) is 29.4 Å². The number of amides is 2. The van der Waals surface area contributed by atoms with Crippen LogP contribution in [-0.4, -0.2) is 61.5 Å². The first-order valence-corrected chi connectivity index (χ1v) is 17.3. The monoisotopic (exact) mass is 600 g/mol. The molecule has 0 spiro atoms. The molecule has 0 N–H and O–H groups in total. The lowest BCUT2D eigenvalue weighted by Crippen LogP contribution is -2.68. The predicted octanol–water partition coefficient (Wildman–Crippen LogP) is 5.63. The Morgan fingerprint density at radius 1 is 0.929 bits per heavy atom. The van der Waals surface area contributed by atoms with E-state index in [1.807, 2.05) is 49.6 Å². The van der Waals surface area contributed by atoms with Crippen LogP contribution in [0.5, 0.6) is 0 Å². The maximum atomic E-state index is 13.5. The molecule has 2 amide bonds. The summed E-state index contributed by atoms with van der Waals surface area (Å²) >= 11 is 1.44. The van der Waals surface area contributed by atoms with Gasteiger partial charge in [-0.15, -0.1) is 11.8 Å². The highest BCUT2D eigenvalue weighted by atomic mass is 32.2. The van der Waals surface area contributed by atoms with Crippen LogP contribution < -0.4 is 10.4 Å². The van der Waals surface area contributed by atoms with Gasteiger partial charge in [0.15, 0.2) is 0 Å². The molecule has 0 aliphatic carbocycles. The van der Waals surface area contributed by atoms with Gasteiger partial charge in [-0.2, -0.15) is 0 Å². The van der Waals surface area contributed by atoms with Crippen LogP contribution >= 0.6 is 11.8 Å². The molecule has 2 heterocycles. The Balaban J connectivity index is 1.51. The van der Waals surface area contributed by atoms with E-state index in [0.29, 0.717) is 11.1 Å². The number of carbonyl (C=O) groups excluding carboxylic acids is 2. The van der Waals surface area contributed by atoms with Gasteiger partial charge < -0.3 is 9.16 Å². The first-order chi connectivity index (χ1) is 20.2. The zero-order valence-electron chi connectivity index (χ0n) is 24.5. The molecule has 1 fully saturated rings. The number of azide groups is 1. The Kier molecular flexibility index (Phi) is 8.64. The molecular weight excluding hydrogens is 565 g/mol. The summed E-state index contributed by atoms with van der Waals surface area (Å²) in [5.41, 5.74) is 9.84. The third-order valence-corrected chi connectivity index (χ3v) is 14.3. The van der Waals surface area contributed by atoms with Gasteiger partial charge in [0.25, 0.3) is 20.1 Å². The van der Waals surface area contributed by atoms with E-state index < -0.39 is 31.9 Å². The van der Waals surface area contributed by atoms with E-state index in [1.54, 1.807) is 24.3 Å². The largest absolute Gasteiger partial charge is 0.405 e. The number of carbonyl (C=O) groups is 2. The Hall–Kier alpha value is -3.40. The number of rotatable bonds is 8. The molecular formula is C32H36N4O4SSi. The van der Waals surface area contributed by atoms with Crippen LogP contribution in [0.2, 0.25) is 5.04 Å². The van der Waals surface area contributed by atoms with Crippen molar-refractivity contribution in [2.75, 3.05) is 12.9 Å². The molecule has 2 aliphatic heterocycles. The zero-order valence-corrected chi connectivity index (χ0v) is 26.3. The van der Waals surface area contributed by atoms with Crippen molar-refractivity contribution in [1.82, 2.24) is 4.90 Å². The van der Waals surface area contributed by atoms with Crippen LogP contribution in [0.1, 0.15) is 48.4 Å². The summed E-state index contributed by atoms with van der Waals surface area (Å²) in [6.07, 6.45) is 1.32. The van der Waals surface area contributed by atoms with Crippen LogP contribution in [0.25, 0.3) is 10.4 Å². The van der Waals surface area contributed by atoms with E-state index in [4.69, 9.17) is 9.16 Å². The number of thioether (sulfide) groups is 1. The van der Waals surface area contributed by atoms with E-state index in [2.05, 4.69) is 55.1 Å². The second-order valence-electron chi connectivity index (χ2n) is 11.8. The fraction of sp³-hybridized carbons (Fsp3) is 0.375. The average Bonchev–Trinajstić information content (AvgIpc) is 3.24. The van der Waals surface area contributed by atoms with E-state index in [1.165, 1.54) is 16.7 Å². The van der Waals surface area contributed by atoms with Gasteiger partial charge in [0.05, 0.1) is 35.9 Å². The minimum absolute atomic E-state index is 0.188. The Morgan fingerprint density at radius 3 is 1.88 bits per heavy atom. The Bertz CT molecular complexity index is 1420. The maximum Gasteiger partial charge on any atom is 0.261 e. The molecule has 218 valence electrons. The van der Waals surface area contributed by atoms with Crippen LogP contribution in [0.15, 0.2) is 90.0 Å². The second-order valence-corrected chi connectivity index (χ2v) is 17.1. The summed E-state index contributed by atoms with van der Waals surface area (Å²) in [6, 6.07) is 26.2. The van der Waals surface area contributed by atoms with Gasteiger partial charge in [-0.3, -0.25) is 14.5 Å². The standard InChI is InChI=1S/C32H36N4O4SSi/c1-21-27(34-35-33)26(40-31(41-5)28(21)36-29(37)24-18-12-13-19-25(24)30(36)38)20-39-42(32(2,3)4,22-14-8-6-9-15-22)23-16-10-7-11-17-23/h6-19,21,26-28,31H,20H2,1-5H3/t21-,26?,27+,28?,31-/m0/s1. The van der Waals surface area contributed by atoms with Gasteiger partial charge in [-0.25, -0.2) is 0 Å². The molecule has 10 heteroatoms. The van der Waals surface area contributed by atoms with Crippen LogP contribution in [0, 0.1) is 5.92 Å². The van der Waals surface area contributed by atoms with E-state index in [0.717, 1.165) is 10.4 Å². The molecule has 42 heavy (non-hydrogen) atoms. The number of ether oxygens (including phenoxy) is 1. The summed E-state index contributed by atoms with van der Waals surface area (Å²) in [5.74, 6) is -1.07. The molecule has 5 atom stereocenters. The molecule has 0 aromatic heterocycles. The number of hydrogen-bond acceptors (Lipinski definition) is 6. The fourth-order valence-electron chi connectivity index (χ4n) is 6.50. The van der Waals surface area contributed by atoms with Gasteiger partial charge in [0.1, 0.15) is 5.44 Å². The molecule has 1 saturated heterocycles. The second kappa shape index (κ2) is 12.1. The van der Waals surface area contributed by atoms with Crippen molar-refractivity contribution in [2.45, 2.75) is 56.4 Å². The van der Waals surface area contributed by atoms with E-state index in [9.17, 15) is 15.1 Å². The number of fused-ring (bicyclic) bond motifs is 1. The molecule has 2 aliphatic rings.